The predicted molar refractivity (Wildman–Crippen MR) is 70.0 cm³/mol. The summed E-state index contributed by atoms with van der Waals surface area (Å²) in [5.74, 6) is 1.17. The molecule has 0 aromatic heterocycles. The van der Waals surface area contributed by atoms with Crippen LogP contribution in [0.4, 0.5) is 0 Å². The molecular weight excluding hydrogens is 198 g/mol. The summed E-state index contributed by atoms with van der Waals surface area (Å²) in [6.07, 6.45) is 5.10. The van der Waals surface area contributed by atoms with Crippen molar-refractivity contribution in [3.05, 3.63) is 36.8 Å². The highest BCUT2D eigenvalue weighted by molar-refractivity contribution is 6.07. The number of nitrogens with two attached hydrogens (primary N) is 1. The molecule has 1 aliphatic carbocycles. The fourth-order valence-corrected chi connectivity index (χ4v) is 1.38. The molecule has 2 N–H and O–H groups in total. The van der Waals surface area contributed by atoms with Gasteiger partial charge in [-0.25, -0.2) is 0 Å². The van der Waals surface area contributed by atoms with Gasteiger partial charge in [0.2, 0.25) is 0 Å². The maximum absolute atomic E-state index is 5.64. The summed E-state index contributed by atoms with van der Waals surface area (Å²) in [6.45, 7) is 11.9. The van der Waals surface area contributed by atoms with E-state index in [9.17, 15) is 0 Å². The van der Waals surface area contributed by atoms with Crippen molar-refractivity contribution in [2.24, 2.45) is 16.6 Å². The van der Waals surface area contributed by atoms with Gasteiger partial charge in [-0.05, 0) is 25.3 Å². The molecule has 0 aliphatic heterocycles. The number of hydrogen-bond donors (Lipinski definition) is 1. The minimum Gasteiger partial charge on any atom is -0.386 e. The van der Waals surface area contributed by atoms with Gasteiger partial charge in [-0.1, -0.05) is 26.2 Å². The minimum atomic E-state index is 0.447. The maximum Gasteiger partial charge on any atom is 0.0955 e. The number of allylic oxidation sites excluding steroid dienone is 2. The lowest BCUT2D eigenvalue weighted by Gasteiger charge is -2.21. The largest absolute Gasteiger partial charge is 0.386 e. The van der Waals surface area contributed by atoms with Crippen LogP contribution in [0, 0.1) is 5.92 Å². The van der Waals surface area contributed by atoms with E-state index in [1.54, 1.807) is 4.90 Å². The number of hydrogen-bond acceptors (Lipinski definition) is 3. The van der Waals surface area contributed by atoms with E-state index < -0.39 is 0 Å². The van der Waals surface area contributed by atoms with E-state index in [0.717, 1.165) is 11.4 Å². The summed E-state index contributed by atoms with van der Waals surface area (Å²) in [5.41, 5.74) is 7.33. The monoisotopic (exact) mass is 219 g/mol. The lowest BCUT2D eigenvalue weighted by atomic mass is 10.2. The molecule has 0 aromatic carbocycles. The van der Waals surface area contributed by atoms with Crippen molar-refractivity contribution in [3.8, 4) is 0 Å². The molecule has 0 heterocycles. The molecule has 0 radical (unpaired) electrons. The molecule has 88 valence electrons. The smallest absolute Gasteiger partial charge is 0.0955 e. The summed E-state index contributed by atoms with van der Waals surface area (Å²) < 4.78 is 0. The third kappa shape index (κ3) is 2.99. The molecule has 0 bridgehead atoms. The van der Waals surface area contributed by atoms with Crippen LogP contribution in [0.1, 0.15) is 20.3 Å². The Morgan fingerprint density at radius 1 is 1.50 bits per heavy atom. The summed E-state index contributed by atoms with van der Waals surface area (Å²) in [7, 11) is 1.85. The van der Waals surface area contributed by atoms with Crippen LogP contribution >= 0.6 is 0 Å². The highest BCUT2D eigenvalue weighted by Crippen LogP contribution is 2.33. The Bertz CT molecular complexity index is 352. The van der Waals surface area contributed by atoms with Crippen LogP contribution in [-0.2, 0) is 0 Å². The molecule has 2 atom stereocenters. The second-order valence-electron chi connectivity index (χ2n) is 4.29. The Morgan fingerprint density at radius 3 is 2.44 bits per heavy atom. The molecule has 3 nitrogen and oxygen atoms in total. The van der Waals surface area contributed by atoms with Crippen molar-refractivity contribution in [2.75, 3.05) is 7.05 Å². The van der Waals surface area contributed by atoms with E-state index in [2.05, 4.69) is 25.1 Å². The first kappa shape index (κ1) is 12.6. The average molecular weight is 219 g/mol. The molecule has 1 saturated carbocycles. The molecular formula is C13H21N3. The lowest BCUT2D eigenvalue weighted by molar-refractivity contribution is 0.543. The summed E-state index contributed by atoms with van der Waals surface area (Å²) in [4.78, 5) is 6.41. The number of nitrogens with zero attached hydrogens (tertiary/aromatic N) is 2. The van der Waals surface area contributed by atoms with Gasteiger partial charge in [0.1, 0.15) is 0 Å². The standard InChI is InChI=1S/C13H21N3/c1-6-7-12(15-13-8-9(13)2)10(3)16(5)11(4)14/h6-7,9,13H,3-4,8,14H2,1-2,5H3/b7-6-,15-12?. The van der Waals surface area contributed by atoms with Crippen molar-refractivity contribution < 1.29 is 0 Å². The molecule has 0 aromatic rings. The van der Waals surface area contributed by atoms with Crippen LogP contribution in [0.2, 0.25) is 0 Å². The van der Waals surface area contributed by atoms with Gasteiger partial charge in [0.05, 0.1) is 23.3 Å². The van der Waals surface area contributed by atoms with Gasteiger partial charge in [0.15, 0.2) is 0 Å². The van der Waals surface area contributed by atoms with Crippen LogP contribution in [0.5, 0.6) is 0 Å². The zero-order valence-corrected chi connectivity index (χ0v) is 10.4. The summed E-state index contributed by atoms with van der Waals surface area (Å²) in [6, 6.07) is 0.447. The Labute approximate surface area is 98.0 Å². The van der Waals surface area contributed by atoms with Crippen LogP contribution in [0.25, 0.3) is 0 Å². The predicted octanol–water partition coefficient (Wildman–Crippen LogP) is 2.29. The molecule has 3 heteroatoms. The van der Waals surface area contributed by atoms with Gasteiger partial charge in [-0.3, -0.25) is 4.99 Å². The van der Waals surface area contributed by atoms with E-state index in [1.165, 1.54) is 6.42 Å². The van der Waals surface area contributed by atoms with Gasteiger partial charge in [0.25, 0.3) is 0 Å². The van der Waals surface area contributed by atoms with Crippen molar-refractivity contribution in [1.82, 2.24) is 4.90 Å². The Kier molecular flexibility index (Phi) is 3.93. The second kappa shape index (κ2) is 5.01. The molecule has 16 heavy (non-hydrogen) atoms. The Balaban J connectivity index is 2.81. The molecule has 0 amide bonds. The molecule has 1 aliphatic rings. The van der Waals surface area contributed by atoms with Crippen molar-refractivity contribution in [1.29, 1.82) is 0 Å². The first-order chi connectivity index (χ1) is 7.47. The van der Waals surface area contributed by atoms with Crippen LogP contribution in [0.3, 0.4) is 0 Å². The second-order valence-corrected chi connectivity index (χ2v) is 4.29. The molecule has 1 rings (SSSR count). The fourth-order valence-electron chi connectivity index (χ4n) is 1.38. The summed E-state index contributed by atoms with van der Waals surface area (Å²) in [5, 5.41) is 0. The van der Waals surface area contributed by atoms with E-state index >= 15 is 0 Å². The quantitative estimate of drug-likeness (QED) is 0.721. The zero-order chi connectivity index (χ0) is 12.3. The minimum absolute atomic E-state index is 0.447. The average Bonchev–Trinajstić information content (AvgIpc) is 2.91. The SMILES string of the molecule is C=C(N)N(C)C(=C)C(/C=C\C)=NC1CC1C. The van der Waals surface area contributed by atoms with Crippen LogP contribution in [-0.4, -0.2) is 23.7 Å². The number of rotatable bonds is 5. The molecule has 2 unspecified atom stereocenters. The maximum atomic E-state index is 5.64. The zero-order valence-electron chi connectivity index (χ0n) is 10.4. The molecule has 1 fully saturated rings. The van der Waals surface area contributed by atoms with Crippen molar-refractivity contribution in [2.45, 2.75) is 26.3 Å². The highest BCUT2D eigenvalue weighted by Gasteiger charge is 2.32. The van der Waals surface area contributed by atoms with Gasteiger partial charge in [-0.2, -0.15) is 0 Å². The normalized spacial score (nSPS) is 24.6. The van der Waals surface area contributed by atoms with E-state index in [1.807, 2.05) is 26.1 Å². The van der Waals surface area contributed by atoms with Gasteiger partial charge >= 0.3 is 0 Å². The Morgan fingerprint density at radius 2 is 2.06 bits per heavy atom. The third-order valence-corrected chi connectivity index (χ3v) is 2.83. The van der Waals surface area contributed by atoms with Gasteiger partial charge in [0, 0.05) is 7.05 Å². The lowest BCUT2D eigenvalue weighted by Crippen LogP contribution is -2.25. The highest BCUT2D eigenvalue weighted by atomic mass is 15.2. The van der Waals surface area contributed by atoms with E-state index in [4.69, 9.17) is 5.73 Å². The van der Waals surface area contributed by atoms with Crippen LogP contribution < -0.4 is 5.73 Å². The van der Waals surface area contributed by atoms with Crippen molar-refractivity contribution >= 4 is 5.71 Å². The first-order valence-corrected chi connectivity index (χ1v) is 5.55. The van der Waals surface area contributed by atoms with Crippen molar-refractivity contribution in [3.63, 3.8) is 0 Å². The van der Waals surface area contributed by atoms with E-state index in [0.29, 0.717) is 17.8 Å². The first-order valence-electron chi connectivity index (χ1n) is 5.55. The third-order valence-electron chi connectivity index (χ3n) is 2.83. The number of aliphatic imine (C=N–C) groups is 1. The topological polar surface area (TPSA) is 41.6 Å². The Hall–Kier alpha value is -1.51. The molecule has 0 spiro atoms. The van der Waals surface area contributed by atoms with E-state index in [-0.39, 0.29) is 0 Å². The fraction of sp³-hybridized carbons (Fsp3) is 0.462. The summed E-state index contributed by atoms with van der Waals surface area (Å²) >= 11 is 0. The van der Waals surface area contributed by atoms with Gasteiger partial charge in [-0.15, -0.1) is 0 Å². The van der Waals surface area contributed by atoms with Crippen LogP contribution in [0.15, 0.2) is 41.8 Å². The molecule has 0 saturated heterocycles. The van der Waals surface area contributed by atoms with Gasteiger partial charge < -0.3 is 10.6 Å².